The number of nitrogen functional groups attached to an aromatic ring is 1. The van der Waals surface area contributed by atoms with Gasteiger partial charge in [0.25, 0.3) is 0 Å². The zero-order valence-corrected chi connectivity index (χ0v) is 15.8. The summed E-state index contributed by atoms with van der Waals surface area (Å²) in [6.07, 6.45) is 2.02. The van der Waals surface area contributed by atoms with Crippen LogP contribution in [0.1, 0.15) is 19.3 Å². The van der Waals surface area contributed by atoms with Crippen LogP contribution in [0, 0.1) is 0 Å². The Kier molecular flexibility index (Phi) is 5.45. The Bertz CT molecular complexity index is 758. The quantitative estimate of drug-likeness (QED) is 0.659. The summed E-state index contributed by atoms with van der Waals surface area (Å²) in [6.45, 7) is 1.40. The Balaban J connectivity index is 1.65. The van der Waals surface area contributed by atoms with Crippen molar-refractivity contribution in [3.05, 3.63) is 22.2 Å². The second-order valence-electron chi connectivity index (χ2n) is 6.31. The van der Waals surface area contributed by atoms with Crippen LogP contribution < -0.4 is 16.4 Å². The van der Waals surface area contributed by atoms with E-state index in [1.807, 2.05) is 0 Å². The minimum Gasteiger partial charge on any atom is -0.396 e. The van der Waals surface area contributed by atoms with Gasteiger partial charge in [0.05, 0.1) is 27.0 Å². The van der Waals surface area contributed by atoms with Gasteiger partial charge in [-0.1, -0.05) is 23.2 Å². The molecule has 1 aromatic carbocycles. The Morgan fingerprint density at radius 2 is 1.84 bits per heavy atom. The SMILES string of the molecule is Nc1c(Cl)cc(NC(=O)C2CC(S(=O)(=O)N3CCCC3)CN2)cc1Cl. The molecule has 2 unspecified atom stereocenters. The van der Waals surface area contributed by atoms with Gasteiger partial charge < -0.3 is 16.4 Å². The second kappa shape index (κ2) is 7.28. The third kappa shape index (κ3) is 3.88. The predicted molar refractivity (Wildman–Crippen MR) is 99.4 cm³/mol. The summed E-state index contributed by atoms with van der Waals surface area (Å²) < 4.78 is 26.7. The Morgan fingerprint density at radius 3 is 2.44 bits per heavy atom. The van der Waals surface area contributed by atoms with E-state index in [1.165, 1.54) is 16.4 Å². The molecule has 10 heteroatoms. The van der Waals surface area contributed by atoms with Crippen molar-refractivity contribution in [3.63, 3.8) is 0 Å². The number of halogens is 2. The average Bonchev–Trinajstić information content (AvgIpc) is 3.24. The van der Waals surface area contributed by atoms with Gasteiger partial charge in [0.15, 0.2) is 0 Å². The van der Waals surface area contributed by atoms with Gasteiger partial charge in [-0.25, -0.2) is 12.7 Å². The Hall–Kier alpha value is -1.06. The molecule has 2 heterocycles. The molecule has 2 aliphatic rings. The van der Waals surface area contributed by atoms with Gasteiger partial charge in [-0.2, -0.15) is 0 Å². The van der Waals surface area contributed by atoms with Crippen LogP contribution in [0.2, 0.25) is 10.0 Å². The summed E-state index contributed by atoms with van der Waals surface area (Å²) in [5, 5.41) is 5.60. The van der Waals surface area contributed by atoms with Gasteiger partial charge in [-0.15, -0.1) is 0 Å². The monoisotopic (exact) mass is 406 g/mol. The summed E-state index contributed by atoms with van der Waals surface area (Å²) in [5.74, 6) is -0.323. The third-order valence-corrected chi connectivity index (χ3v) is 7.51. The van der Waals surface area contributed by atoms with Crippen molar-refractivity contribution < 1.29 is 13.2 Å². The zero-order chi connectivity index (χ0) is 18.2. The van der Waals surface area contributed by atoms with Crippen LogP contribution >= 0.6 is 23.2 Å². The van der Waals surface area contributed by atoms with Gasteiger partial charge in [-0.05, 0) is 31.4 Å². The number of benzene rings is 1. The fraction of sp³-hybridized carbons (Fsp3) is 0.533. The molecule has 138 valence electrons. The summed E-state index contributed by atoms with van der Waals surface area (Å²) in [5.41, 5.74) is 6.33. The first-order valence-corrected chi connectivity index (χ1v) is 10.3. The van der Waals surface area contributed by atoms with Gasteiger partial charge in [-0.3, -0.25) is 4.79 Å². The number of nitrogens with one attached hydrogen (secondary N) is 2. The normalized spacial score (nSPS) is 24.6. The van der Waals surface area contributed by atoms with E-state index in [0.29, 0.717) is 18.8 Å². The lowest BCUT2D eigenvalue weighted by atomic mass is 10.2. The van der Waals surface area contributed by atoms with E-state index in [1.54, 1.807) is 0 Å². The zero-order valence-electron chi connectivity index (χ0n) is 13.5. The fourth-order valence-electron chi connectivity index (χ4n) is 3.17. The molecule has 2 saturated heterocycles. The number of anilines is 2. The van der Waals surface area contributed by atoms with Crippen LogP contribution in [0.3, 0.4) is 0 Å². The molecular formula is C15H20Cl2N4O3S. The van der Waals surface area contributed by atoms with E-state index in [2.05, 4.69) is 10.6 Å². The predicted octanol–water partition coefficient (Wildman–Crippen LogP) is 1.67. The van der Waals surface area contributed by atoms with Crippen molar-refractivity contribution in [3.8, 4) is 0 Å². The molecular weight excluding hydrogens is 387 g/mol. The van der Waals surface area contributed by atoms with Crippen molar-refractivity contribution in [2.75, 3.05) is 30.7 Å². The van der Waals surface area contributed by atoms with Gasteiger partial charge in [0.1, 0.15) is 0 Å². The molecule has 1 amide bonds. The van der Waals surface area contributed by atoms with E-state index in [9.17, 15) is 13.2 Å². The molecule has 2 atom stereocenters. The molecule has 4 N–H and O–H groups in total. The number of carbonyl (C=O) groups is 1. The highest BCUT2D eigenvalue weighted by atomic mass is 35.5. The number of hydrogen-bond acceptors (Lipinski definition) is 5. The molecule has 2 aliphatic heterocycles. The lowest BCUT2D eigenvalue weighted by Crippen LogP contribution is -2.37. The standard InChI is InChI=1S/C15H20Cl2N4O3S/c16-11-5-9(6-12(17)14(11)18)20-15(22)13-7-10(8-19-13)25(23,24)21-3-1-2-4-21/h5-6,10,13,19H,1-4,7-8,18H2,(H,20,22). The Morgan fingerprint density at radius 1 is 1.24 bits per heavy atom. The molecule has 0 saturated carbocycles. The van der Waals surface area contributed by atoms with Crippen LogP contribution in [0.25, 0.3) is 0 Å². The van der Waals surface area contributed by atoms with Crippen LogP contribution in [0.15, 0.2) is 12.1 Å². The maximum Gasteiger partial charge on any atom is 0.241 e. The number of carbonyl (C=O) groups excluding carboxylic acids is 1. The second-order valence-corrected chi connectivity index (χ2v) is 9.34. The van der Waals surface area contributed by atoms with Crippen molar-refractivity contribution in [1.29, 1.82) is 0 Å². The number of hydrogen-bond donors (Lipinski definition) is 3. The van der Waals surface area contributed by atoms with Crippen LogP contribution in [0.5, 0.6) is 0 Å². The first-order valence-electron chi connectivity index (χ1n) is 8.07. The van der Waals surface area contributed by atoms with Gasteiger partial charge in [0.2, 0.25) is 15.9 Å². The van der Waals surface area contributed by atoms with Crippen LogP contribution in [0.4, 0.5) is 11.4 Å². The molecule has 7 nitrogen and oxygen atoms in total. The minimum atomic E-state index is -3.36. The fourth-order valence-corrected chi connectivity index (χ4v) is 5.59. The van der Waals surface area contributed by atoms with E-state index >= 15 is 0 Å². The first-order chi connectivity index (χ1) is 11.8. The number of sulfonamides is 1. The number of nitrogens with zero attached hydrogens (tertiary/aromatic N) is 1. The van der Waals surface area contributed by atoms with Gasteiger partial charge in [0, 0.05) is 25.3 Å². The Labute approximate surface area is 156 Å². The molecule has 0 aromatic heterocycles. The average molecular weight is 407 g/mol. The van der Waals surface area contributed by atoms with Crippen molar-refractivity contribution in [2.45, 2.75) is 30.6 Å². The highest BCUT2D eigenvalue weighted by Crippen LogP contribution is 2.31. The maximum absolute atomic E-state index is 12.6. The van der Waals surface area contributed by atoms with E-state index in [-0.39, 0.29) is 34.6 Å². The maximum atomic E-state index is 12.6. The number of amides is 1. The minimum absolute atomic E-state index is 0.237. The molecule has 0 aliphatic carbocycles. The molecule has 0 bridgehead atoms. The molecule has 25 heavy (non-hydrogen) atoms. The topological polar surface area (TPSA) is 105 Å². The smallest absolute Gasteiger partial charge is 0.241 e. The van der Waals surface area contributed by atoms with Crippen LogP contribution in [-0.4, -0.2) is 49.6 Å². The number of rotatable bonds is 4. The third-order valence-electron chi connectivity index (χ3n) is 4.60. The summed E-state index contributed by atoms with van der Waals surface area (Å²) in [7, 11) is -3.36. The summed E-state index contributed by atoms with van der Waals surface area (Å²) >= 11 is 11.9. The lowest BCUT2D eigenvalue weighted by Gasteiger charge is -2.20. The summed E-state index contributed by atoms with van der Waals surface area (Å²) in [4.78, 5) is 12.4. The highest BCUT2D eigenvalue weighted by Gasteiger charge is 2.40. The van der Waals surface area contributed by atoms with Crippen LogP contribution in [-0.2, 0) is 14.8 Å². The van der Waals surface area contributed by atoms with E-state index in [4.69, 9.17) is 28.9 Å². The molecule has 1 aromatic rings. The molecule has 3 rings (SSSR count). The molecule has 0 radical (unpaired) electrons. The summed E-state index contributed by atoms with van der Waals surface area (Å²) in [6, 6.07) is 2.43. The van der Waals surface area contributed by atoms with Crippen molar-refractivity contribution in [2.24, 2.45) is 0 Å². The van der Waals surface area contributed by atoms with Crippen molar-refractivity contribution >= 4 is 50.5 Å². The van der Waals surface area contributed by atoms with E-state index < -0.39 is 21.3 Å². The van der Waals surface area contributed by atoms with E-state index in [0.717, 1.165) is 12.8 Å². The lowest BCUT2D eigenvalue weighted by molar-refractivity contribution is -0.117. The number of nitrogens with two attached hydrogens (primary N) is 1. The molecule has 2 fully saturated rings. The van der Waals surface area contributed by atoms with Gasteiger partial charge >= 0.3 is 0 Å². The first kappa shape index (κ1) is 18.7. The highest BCUT2D eigenvalue weighted by molar-refractivity contribution is 7.89. The van der Waals surface area contributed by atoms with Crippen molar-refractivity contribution in [1.82, 2.24) is 9.62 Å². The molecule has 0 spiro atoms. The largest absolute Gasteiger partial charge is 0.396 e.